The molecule has 1 saturated heterocycles. The van der Waals surface area contributed by atoms with Gasteiger partial charge in [0, 0.05) is 30.8 Å². The predicted octanol–water partition coefficient (Wildman–Crippen LogP) is 5.43. The van der Waals surface area contributed by atoms with Crippen LogP contribution in [-0.4, -0.2) is 51.1 Å². The second-order valence-electron chi connectivity index (χ2n) is 8.58. The molecule has 8 heteroatoms. The maximum Gasteiger partial charge on any atom is 0.309 e. The smallest absolute Gasteiger partial charge is 0.309 e. The van der Waals surface area contributed by atoms with Crippen LogP contribution < -0.4 is 4.74 Å². The van der Waals surface area contributed by atoms with Crippen LogP contribution in [0.1, 0.15) is 31.9 Å². The fraction of sp³-hybridized carbons (Fsp3) is 0.400. The lowest BCUT2D eigenvalue weighted by atomic mass is 9.94. The molecule has 0 amide bonds. The Kier molecular flexibility index (Phi) is 7.32. The molecule has 0 unspecified atom stereocenters. The van der Waals surface area contributed by atoms with Crippen LogP contribution >= 0.6 is 23.1 Å². The fourth-order valence-electron chi connectivity index (χ4n) is 4.12. The average Bonchev–Trinajstić information content (AvgIpc) is 3.23. The number of nitrogens with zero attached hydrogens (tertiary/aromatic N) is 3. The Balaban J connectivity index is 1.51. The van der Waals surface area contributed by atoms with Crippen molar-refractivity contribution in [3.63, 3.8) is 0 Å². The number of halogens is 1. The Morgan fingerprint density at radius 3 is 2.76 bits per heavy atom. The Morgan fingerprint density at radius 2 is 2.09 bits per heavy atom. The molecule has 1 aromatic heterocycles. The van der Waals surface area contributed by atoms with E-state index in [1.54, 1.807) is 0 Å². The fourth-order valence-corrected chi connectivity index (χ4v) is 5.01. The van der Waals surface area contributed by atoms with E-state index in [1.165, 1.54) is 22.7 Å². The first-order valence-electron chi connectivity index (χ1n) is 11.2. The normalized spacial score (nSPS) is 14.5. The van der Waals surface area contributed by atoms with E-state index >= 15 is 0 Å². The minimum Gasteiger partial charge on any atom is -0.489 e. The summed E-state index contributed by atoms with van der Waals surface area (Å²) < 4.78 is 10.4. The van der Waals surface area contributed by atoms with Crippen molar-refractivity contribution < 1.29 is 14.6 Å². The molecule has 4 rings (SSSR count). The third-order valence-electron chi connectivity index (χ3n) is 5.84. The Hall–Kier alpha value is -2.48. The van der Waals surface area contributed by atoms with Crippen molar-refractivity contribution in [3.05, 3.63) is 52.5 Å². The van der Waals surface area contributed by atoms with Crippen LogP contribution in [0.4, 0.5) is 0 Å². The highest BCUT2D eigenvalue weighted by molar-refractivity contribution is 7.09. The molecule has 0 bridgehead atoms. The summed E-state index contributed by atoms with van der Waals surface area (Å²) in [6.07, 6.45) is 1.82. The Labute approximate surface area is 203 Å². The second-order valence-corrected chi connectivity index (χ2v) is 9.74. The topological polar surface area (TPSA) is 75.6 Å². The number of likely N-dealkylation sites (tertiary alicyclic amines) is 1. The van der Waals surface area contributed by atoms with E-state index in [2.05, 4.69) is 34.4 Å². The van der Waals surface area contributed by atoms with Crippen LogP contribution in [0.5, 0.6) is 5.75 Å². The van der Waals surface area contributed by atoms with Crippen LogP contribution in [0.25, 0.3) is 22.0 Å². The highest BCUT2D eigenvalue weighted by Crippen LogP contribution is 2.34. The summed E-state index contributed by atoms with van der Waals surface area (Å²) in [6.45, 7) is 8.22. The average molecular weight is 486 g/mol. The molecular formula is C25H28ClN3O3S. The van der Waals surface area contributed by atoms with Gasteiger partial charge in [-0.05, 0) is 67.5 Å². The van der Waals surface area contributed by atoms with Gasteiger partial charge in [0.25, 0.3) is 0 Å². The van der Waals surface area contributed by atoms with Crippen LogP contribution in [-0.2, 0) is 17.6 Å². The molecule has 1 aliphatic rings. The molecule has 2 aromatic carbocycles. The van der Waals surface area contributed by atoms with E-state index in [0.29, 0.717) is 23.9 Å². The summed E-state index contributed by atoms with van der Waals surface area (Å²) in [5.74, 6) is 0.468. The zero-order valence-corrected chi connectivity index (χ0v) is 20.6. The largest absolute Gasteiger partial charge is 0.489 e. The molecule has 1 fully saturated rings. The van der Waals surface area contributed by atoms with Gasteiger partial charge in [0.1, 0.15) is 10.8 Å². The molecule has 2 heterocycles. The van der Waals surface area contributed by atoms with Crippen molar-refractivity contribution in [3.8, 4) is 27.7 Å². The Morgan fingerprint density at radius 1 is 1.30 bits per heavy atom. The first-order valence-corrected chi connectivity index (χ1v) is 12.4. The van der Waals surface area contributed by atoms with Crippen molar-refractivity contribution in [1.82, 2.24) is 14.3 Å². The summed E-state index contributed by atoms with van der Waals surface area (Å²) in [5, 5.41) is 10.5. The zero-order valence-electron chi connectivity index (χ0n) is 19.0. The first kappa shape index (κ1) is 23.7. The number of carboxylic acids is 1. The molecular weight excluding hydrogens is 458 g/mol. The second kappa shape index (κ2) is 10.2. The minimum absolute atomic E-state index is 0.0564. The Bertz CT molecular complexity index is 1140. The zero-order chi connectivity index (χ0) is 23.5. The van der Waals surface area contributed by atoms with Gasteiger partial charge in [-0.3, -0.25) is 4.79 Å². The highest BCUT2D eigenvalue weighted by Gasteiger charge is 2.32. The molecule has 0 saturated carbocycles. The van der Waals surface area contributed by atoms with Gasteiger partial charge in [0.05, 0.1) is 17.0 Å². The van der Waals surface area contributed by atoms with Gasteiger partial charge in [0.15, 0.2) is 5.82 Å². The maximum absolute atomic E-state index is 11.0. The van der Waals surface area contributed by atoms with Crippen LogP contribution in [0.15, 0.2) is 36.4 Å². The van der Waals surface area contributed by atoms with E-state index in [4.69, 9.17) is 26.4 Å². The molecule has 3 aromatic rings. The molecule has 1 aliphatic heterocycles. The molecule has 0 spiro atoms. The van der Waals surface area contributed by atoms with E-state index in [1.807, 2.05) is 32.0 Å². The van der Waals surface area contributed by atoms with Gasteiger partial charge >= 0.3 is 5.97 Å². The van der Waals surface area contributed by atoms with Crippen molar-refractivity contribution in [2.45, 2.75) is 39.7 Å². The van der Waals surface area contributed by atoms with Crippen molar-refractivity contribution in [2.75, 3.05) is 19.6 Å². The first-order chi connectivity index (χ1) is 15.9. The summed E-state index contributed by atoms with van der Waals surface area (Å²) in [6, 6.07) is 12.0. The molecule has 174 valence electrons. The number of aromatic nitrogens is 2. The van der Waals surface area contributed by atoms with Gasteiger partial charge in [0.2, 0.25) is 0 Å². The lowest BCUT2D eigenvalue weighted by Gasteiger charge is -2.36. The van der Waals surface area contributed by atoms with Crippen LogP contribution in [0.2, 0.25) is 5.02 Å². The summed E-state index contributed by atoms with van der Waals surface area (Å²) in [4.78, 5) is 18.0. The van der Waals surface area contributed by atoms with Gasteiger partial charge in [-0.25, -0.2) is 4.98 Å². The van der Waals surface area contributed by atoms with Gasteiger partial charge in [-0.1, -0.05) is 36.7 Å². The lowest BCUT2D eigenvalue weighted by molar-refractivity contribution is -0.147. The SMILES string of the molecule is CCc1c(CCN2CC(C(=O)O)C2)cccc1-c1nsc(-c2ccc(OC(C)C)c(Cl)c2)n1. The van der Waals surface area contributed by atoms with Crippen LogP contribution in [0, 0.1) is 5.92 Å². The van der Waals surface area contributed by atoms with Crippen LogP contribution in [0.3, 0.4) is 0 Å². The third-order valence-corrected chi connectivity index (χ3v) is 6.90. The monoisotopic (exact) mass is 485 g/mol. The molecule has 1 N–H and O–H groups in total. The third kappa shape index (κ3) is 5.37. The number of carboxylic acid groups (broad SMARTS) is 1. The van der Waals surface area contributed by atoms with E-state index in [-0.39, 0.29) is 12.0 Å². The van der Waals surface area contributed by atoms with E-state index in [0.717, 1.165) is 41.3 Å². The number of carbonyl (C=O) groups is 1. The number of aliphatic carboxylic acids is 1. The maximum atomic E-state index is 11.0. The quantitative estimate of drug-likeness (QED) is 0.435. The molecule has 0 radical (unpaired) electrons. The highest BCUT2D eigenvalue weighted by atomic mass is 35.5. The summed E-state index contributed by atoms with van der Waals surface area (Å²) in [5.41, 5.74) is 4.48. The number of rotatable bonds is 9. The molecule has 33 heavy (non-hydrogen) atoms. The predicted molar refractivity (Wildman–Crippen MR) is 132 cm³/mol. The van der Waals surface area contributed by atoms with Crippen molar-refractivity contribution >= 4 is 29.1 Å². The van der Waals surface area contributed by atoms with Gasteiger partial charge in [-0.15, -0.1) is 0 Å². The molecule has 0 atom stereocenters. The summed E-state index contributed by atoms with van der Waals surface area (Å²) in [7, 11) is 0. The molecule has 0 aliphatic carbocycles. The lowest BCUT2D eigenvalue weighted by Crippen LogP contribution is -2.50. The number of hydrogen-bond donors (Lipinski definition) is 1. The van der Waals surface area contributed by atoms with Crippen molar-refractivity contribution in [1.29, 1.82) is 0 Å². The number of ether oxygens (including phenoxy) is 1. The van der Waals surface area contributed by atoms with E-state index in [9.17, 15) is 4.79 Å². The molecule has 6 nitrogen and oxygen atoms in total. The number of hydrogen-bond acceptors (Lipinski definition) is 6. The van der Waals surface area contributed by atoms with E-state index < -0.39 is 5.97 Å². The summed E-state index contributed by atoms with van der Waals surface area (Å²) >= 11 is 7.77. The van der Waals surface area contributed by atoms with Crippen molar-refractivity contribution in [2.24, 2.45) is 5.92 Å². The van der Waals surface area contributed by atoms with Gasteiger partial charge < -0.3 is 14.7 Å². The number of benzene rings is 2. The van der Waals surface area contributed by atoms with Gasteiger partial charge in [-0.2, -0.15) is 4.37 Å². The minimum atomic E-state index is -0.698. The standard InChI is InChI=1S/C25H28ClN3O3S/c1-4-19-16(10-11-29-13-18(14-29)25(30)31)6-5-7-20(19)23-27-24(33-28-23)17-8-9-22(21(26)12-17)32-15(2)3/h5-9,12,15,18H,4,10-11,13-14H2,1-3H3,(H,30,31).